The van der Waals surface area contributed by atoms with Gasteiger partial charge >= 0.3 is 0 Å². The molecule has 0 spiro atoms. The Hall–Kier alpha value is -8.93. The Morgan fingerprint density at radius 2 is 1.14 bits per heavy atom. The molecule has 4 atom stereocenters. The maximum atomic E-state index is 14.5. The molecule has 0 radical (unpaired) electrons. The minimum absolute atomic E-state index is 0.00111. The number of carbonyl (C=O) groups is 9. The summed E-state index contributed by atoms with van der Waals surface area (Å²) in [6.45, 7) is 5.26. The molecule has 4 saturated carbocycles. The number of halogens is 2. The number of thiophene rings is 1. The zero-order valence-electron chi connectivity index (χ0n) is 65.2. The van der Waals surface area contributed by atoms with Gasteiger partial charge in [0.2, 0.25) is 47.3 Å². The van der Waals surface area contributed by atoms with E-state index in [1.165, 1.54) is 29.1 Å². The Kier molecular flexibility index (Phi) is 27.9. The van der Waals surface area contributed by atoms with Crippen LogP contribution in [0.1, 0.15) is 192 Å². The van der Waals surface area contributed by atoms with Crippen molar-refractivity contribution in [2.45, 2.75) is 197 Å². The Labute approximate surface area is 681 Å². The fourth-order valence-corrected chi connectivity index (χ4v) is 18.0. The molecule has 9 amide bonds. The number of amides is 9. The van der Waals surface area contributed by atoms with E-state index in [0.717, 1.165) is 153 Å². The molecule has 32 nitrogen and oxygen atoms in total. The third-order valence-electron chi connectivity index (χ3n) is 23.2. The van der Waals surface area contributed by atoms with E-state index in [2.05, 4.69) is 73.3 Å². The lowest BCUT2D eigenvalue weighted by molar-refractivity contribution is -0.138. The number of benzene rings is 1. The van der Waals surface area contributed by atoms with E-state index in [0.29, 0.717) is 115 Å². The molecule has 1 aromatic carbocycles. The van der Waals surface area contributed by atoms with Crippen molar-refractivity contribution in [2.24, 2.45) is 25.9 Å². The monoisotopic (exact) mass is 1640 g/mol. The number of hydrogen-bond donors (Lipinski definition) is 10. The maximum Gasteiger partial charge on any atom is 0.265 e. The Morgan fingerprint density at radius 1 is 0.574 bits per heavy atom. The average Bonchev–Trinajstić information content (AvgIpc) is 1.58. The largest absolute Gasteiger partial charge is 0.382 e. The number of nitrogens with one attached hydrogen (secondary N) is 10. The molecule has 0 bridgehead atoms. The molecule has 35 heteroatoms. The molecule has 5 aromatic heterocycles. The molecule has 10 N–H and O–H groups in total. The molecular weight excluding hydrogens is 1540 g/mol. The SMILES string of the molecule is Cn1ncc(-c2nc(NC3CCC(NCC(=O)NCCOCCOCCOCCNc4c(C5CC5Cc5c(-c6nc(NC7CCC(NCCCCCCCNCC(=O)NCc8cc9c(s8)C(=O)N(C8CCC(=O)NC8=O)C9)CC7)ncc6Cl)cnn5C)ccc5c4C(=O)N(C4CCC(=O)NC4=O)C5=O)CC3)ncc2Cl)c1CC1CC1. The molecule has 4 unspecified atom stereocenters. The molecule has 9 heterocycles. The number of aryl methyl sites for hydroxylation is 2. The van der Waals surface area contributed by atoms with Gasteiger partial charge in [0, 0.05) is 98.1 Å². The number of piperidine rings is 2. The molecule has 616 valence electrons. The highest BCUT2D eigenvalue weighted by atomic mass is 35.5. The van der Waals surface area contributed by atoms with Crippen LogP contribution in [-0.2, 0) is 83.0 Å². The normalized spacial score (nSPS) is 22.0. The van der Waals surface area contributed by atoms with Crippen molar-refractivity contribution in [1.29, 1.82) is 0 Å². The fourth-order valence-electron chi connectivity index (χ4n) is 16.6. The second-order valence-corrected chi connectivity index (χ2v) is 33.4. The number of carbonyl (C=O) groups excluding carboxylic acids is 9. The Bertz CT molecular complexity index is 4540. The summed E-state index contributed by atoms with van der Waals surface area (Å²) < 4.78 is 21.2. The maximum absolute atomic E-state index is 14.5. The topological polar surface area (TPSA) is 395 Å². The van der Waals surface area contributed by atoms with Gasteiger partial charge in [0.1, 0.15) is 12.1 Å². The molecule has 6 fully saturated rings. The number of rotatable bonds is 42. The summed E-state index contributed by atoms with van der Waals surface area (Å²) in [5.41, 5.74) is 7.68. The second-order valence-electron chi connectivity index (χ2n) is 31.4. The summed E-state index contributed by atoms with van der Waals surface area (Å²) in [6.07, 6.45) is 25.3. The number of hydrogen-bond acceptors (Lipinski definition) is 25. The van der Waals surface area contributed by atoms with Gasteiger partial charge < -0.3 is 61.6 Å². The van der Waals surface area contributed by atoms with Crippen LogP contribution < -0.4 is 53.2 Å². The minimum Gasteiger partial charge on any atom is -0.382 e. The smallest absolute Gasteiger partial charge is 0.265 e. The molecule has 4 aliphatic heterocycles. The summed E-state index contributed by atoms with van der Waals surface area (Å²) >= 11 is 14.9. The van der Waals surface area contributed by atoms with Gasteiger partial charge in [0.25, 0.3) is 17.7 Å². The quantitative estimate of drug-likeness (QED) is 0.0141. The summed E-state index contributed by atoms with van der Waals surface area (Å²) in [7, 11) is 3.86. The van der Waals surface area contributed by atoms with E-state index in [-0.39, 0.29) is 117 Å². The first-order valence-corrected chi connectivity index (χ1v) is 42.4. The fraction of sp³-hybridized carbons (Fsp3) is 0.588. The molecule has 6 aromatic rings. The van der Waals surface area contributed by atoms with Crippen LogP contribution in [0.2, 0.25) is 10.0 Å². The highest BCUT2D eigenvalue weighted by molar-refractivity contribution is 7.14. The van der Waals surface area contributed by atoms with E-state index < -0.39 is 41.6 Å². The lowest BCUT2D eigenvalue weighted by atomic mass is 9.91. The molecule has 8 aliphatic rings. The van der Waals surface area contributed by atoms with Gasteiger partial charge in [-0.15, -0.1) is 11.3 Å². The van der Waals surface area contributed by atoms with Crippen molar-refractivity contribution in [2.75, 3.05) is 94.9 Å². The first-order chi connectivity index (χ1) is 55.9. The van der Waals surface area contributed by atoms with Crippen LogP contribution in [0.25, 0.3) is 22.5 Å². The van der Waals surface area contributed by atoms with E-state index >= 15 is 0 Å². The zero-order chi connectivity index (χ0) is 80.1. The number of fused-ring (bicyclic) bond motifs is 2. The van der Waals surface area contributed by atoms with E-state index in [4.69, 9.17) is 47.4 Å². The Morgan fingerprint density at radius 3 is 1.76 bits per heavy atom. The predicted octanol–water partition coefficient (Wildman–Crippen LogP) is 6.66. The molecule has 2 saturated heterocycles. The van der Waals surface area contributed by atoms with Gasteiger partial charge in [-0.2, -0.15) is 10.2 Å². The van der Waals surface area contributed by atoms with Crippen molar-refractivity contribution in [1.82, 2.24) is 86.5 Å². The number of nitrogens with zero attached hydrogens (tertiary/aromatic N) is 10. The van der Waals surface area contributed by atoms with Crippen molar-refractivity contribution < 1.29 is 57.4 Å². The van der Waals surface area contributed by atoms with Crippen LogP contribution >= 0.6 is 34.5 Å². The Balaban J connectivity index is 0.466. The van der Waals surface area contributed by atoms with Crippen LogP contribution in [0, 0.1) is 11.8 Å². The third kappa shape index (κ3) is 21.1. The first-order valence-electron chi connectivity index (χ1n) is 40.8. The van der Waals surface area contributed by atoms with Gasteiger partial charge in [-0.25, -0.2) is 19.9 Å². The van der Waals surface area contributed by atoms with Crippen molar-refractivity contribution in [3.05, 3.63) is 96.4 Å². The van der Waals surface area contributed by atoms with E-state index in [1.54, 1.807) is 24.7 Å². The van der Waals surface area contributed by atoms with Gasteiger partial charge in [0.05, 0.1) is 127 Å². The predicted molar refractivity (Wildman–Crippen MR) is 430 cm³/mol. The number of anilines is 3. The molecule has 14 rings (SSSR count). The van der Waals surface area contributed by atoms with Gasteiger partial charge in [0.15, 0.2) is 0 Å². The number of imide groups is 3. The van der Waals surface area contributed by atoms with E-state index in [9.17, 15) is 43.2 Å². The number of aromatic nitrogens is 8. The van der Waals surface area contributed by atoms with Crippen molar-refractivity contribution >= 4 is 105 Å². The average molecular weight is 1640 g/mol. The zero-order valence-corrected chi connectivity index (χ0v) is 67.6. The van der Waals surface area contributed by atoms with Crippen LogP contribution in [0.3, 0.4) is 0 Å². The highest BCUT2D eigenvalue weighted by Gasteiger charge is 2.49. The first kappa shape index (κ1) is 82.6. The van der Waals surface area contributed by atoms with Crippen molar-refractivity contribution in [3.63, 3.8) is 0 Å². The van der Waals surface area contributed by atoms with Crippen LogP contribution in [-0.4, -0.2) is 218 Å². The summed E-state index contributed by atoms with van der Waals surface area (Å²) in [5, 5.41) is 41.6. The summed E-state index contributed by atoms with van der Waals surface area (Å²) in [5.74, 6) is -1.65. The molecule has 4 aliphatic carbocycles. The standard InChI is InChI=1S/C80H104Cl2N20O12S/c1-99-63(34-46-8-9-46)57(39-91-99)70-59(81)41-89-79(97-70)94-52-16-12-50(13-17-52)87-44-68(106)85-26-28-112-30-32-114-33-31-113-29-27-86-72-54(18-19-55-69(72)77(110)102(76(55)109)62-21-23-66(104)96-75(62)108)56-36-47(56)37-64-58(40-92-100(64)2)71-60(82)42-90-80(98-71)93-51-14-10-49(11-15-51)84-25-7-5-3-4-6-24-83-43-67(105)88-38-53-35-48-45-101(78(111)73(48)115-53)61-20-22-65(103)95-74(61)107/h18-19,35,39-42,46-47,49-52,56,61-62,83-84,86-87H,3-17,20-34,36-38,43-45H2,1-2H3,(H,85,106)(H,88,105)(H,89,94,97)(H,90,93,98)(H,95,103,107)(H,96,104,108). The van der Waals surface area contributed by atoms with Crippen molar-refractivity contribution in [3.8, 4) is 22.5 Å². The van der Waals surface area contributed by atoms with Crippen LogP contribution in [0.5, 0.6) is 0 Å². The third-order valence-corrected chi connectivity index (χ3v) is 24.9. The van der Waals surface area contributed by atoms with Gasteiger partial charge in [-0.3, -0.25) is 68.0 Å². The lowest BCUT2D eigenvalue weighted by Gasteiger charge is -2.30. The second kappa shape index (κ2) is 38.9. The molecule has 115 heavy (non-hydrogen) atoms. The van der Waals surface area contributed by atoms with Crippen LogP contribution in [0.4, 0.5) is 17.6 Å². The van der Waals surface area contributed by atoms with Crippen LogP contribution in [0.15, 0.2) is 43.0 Å². The highest BCUT2D eigenvalue weighted by Crippen LogP contribution is 2.54. The summed E-state index contributed by atoms with van der Waals surface area (Å²) in [6, 6.07) is 4.75. The van der Waals surface area contributed by atoms with Gasteiger partial charge in [-0.05, 0) is 163 Å². The lowest BCUT2D eigenvalue weighted by Crippen LogP contribution is -2.54. The van der Waals surface area contributed by atoms with Gasteiger partial charge in [-0.1, -0.05) is 48.5 Å². The number of unbranched alkanes of at least 4 members (excludes halogenated alkanes) is 4. The number of ether oxygens (including phenoxy) is 3. The summed E-state index contributed by atoms with van der Waals surface area (Å²) in [4.78, 5) is 139. The minimum atomic E-state index is -1.12. The molecular formula is C80H104Cl2N20O12S. The van der Waals surface area contributed by atoms with E-state index in [1.807, 2.05) is 41.8 Å².